The van der Waals surface area contributed by atoms with Crippen molar-refractivity contribution in [3.63, 3.8) is 0 Å². The third kappa shape index (κ3) is 2.79. The number of nitrogens with zero attached hydrogens (tertiary/aromatic N) is 4. The first kappa shape index (κ1) is 17.1. The number of phenols is 1. The van der Waals surface area contributed by atoms with Crippen LogP contribution < -0.4 is 4.90 Å². The van der Waals surface area contributed by atoms with E-state index in [1.807, 2.05) is 12.1 Å². The zero-order valence-electron chi connectivity index (χ0n) is 16.1. The number of imidazole rings is 1. The Hall–Kier alpha value is -3.06. The van der Waals surface area contributed by atoms with Crippen LogP contribution in [-0.2, 0) is 0 Å². The van der Waals surface area contributed by atoms with Crippen LogP contribution in [0.25, 0.3) is 33.5 Å². The number of benzene rings is 2. The smallest absolute Gasteiger partial charge is 0.159 e. The highest BCUT2D eigenvalue weighted by Crippen LogP contribution is 2.31. The topological polar surface area (TPSA) is 84.1 Å². The summed E-state index contributed by atoms with van der Waals surface area (Å²) < 4.78 is 0. The maximum absolute atomic E-state index is 9.99. The van der Waals surface area contributed by atoms with Crippen molar-refractivity contribution in [2.24, 2.45) is 0 Å². The van der Waals surface area contributed by atoms with Crippen molar-refractivity contribution in [2.75, 3.05) is 31.1 Å². The zero-order chi connectivity index (χ0) is 19.3. The number of aromatic amines is 2. The van der Waals surface area contributed by atoms with Crippen molar-refractivity contribution < 1.29 is 5.11 Å². The number of fused-ring (bicyclic) bond motifs is 2. The molecule has 7 heteroatoms. The van der Waals surface area contributed by atoms with Crippen molar-refractivity contribution in [2.45, 2.75) is 19.9 Å². The third-order valence-electron chi connectivity index (χ3n) is 5.68. The minimum Gasteiger partial charge on any atom is -0.506 e. The summed E-state index contributed by atoms with van der Waals surface area (Å²) in [7, 11) is 0. The number of phenolic OH excluding ortho intramolecular Hbond substituents is 1. The normalized spacial score (nSPS) is 15.9. The second kappa shape index (κ2) is 6.53. The molecule has 144 valence electrons. The Morgan fingerprint density at radius 3 is 2.68 bits per heavy atom. The molecule has 3 heterocycles. The number of para-hydroxylation sites is 1. The van der Waals surface area contributed by atoms with Crippen LogP contribution in [-0.4, -0.2) is 62.4 Å². The molecule has 0 spiro atoms. The number of hydrogen-bond acceptors (Lipinski definition) is 5. The molecule has 28 heavy (non-hydrogen) atoms. The molecule has 4 aromatic rings. The maximum Gasteiger partial charge on any atom is 0.159 e. The quantitative estimate of drug-likeness (QED) is 0.511. The van der Waals surface area contributed by atoms with Crippen molar-refractivity contribution in [3.05, 3.63) is 36.4 Å². The monoisotopic (exact) mass is 376 g/mol. The highest BCUT2D eigenvalue weighted by atomic mass is 16.3. The summed E-state index contributed by atoms with van der Waals surface area (Å²) >= 11 is 0. The Balaban J connectivity index is 1.46. The van der Waals surface area contributed by atoms with Gasteiger partial charge < -0.3 is 15.0 Å². The van der Waals surface area contributed by atoms with Gasteiger partial charge in [-0.2, -0.15) is 5.10 Å². The van der Waals surface area contributed by atoms with Gasteiger partial charge in [0.15, 0.2) is 5.82 Å². The van der Waals surface area contributed by atoms with Crippen molar-refractivity contribution >= 4 is 27.6 Å². The number of aromatic hydroxyl groups is 1. The molecule has 1 aliphatic heterocycles. The number of anilines is 1. The molecule has 5 rings (SSSR count). The molecule has 1 saturated heterocycles. The minimum absolute atomic E-state index is 0.190. The van der Waals surface area contributed by atoms with Crippen LogP contribution in [0.2, 0.25) is 0 Å². The molecule has 2 aromatic heterocycles. The molecule has 0 unspecified atom stereocenters. The van der Waals surface area contributed by atoms with Crippen molar-refractivity contribution in [1.82, 2.24) is 25.1 Å². The van der Waals surface area contributed by atoms with E-state index in [0.29, 0.717) is 23.1 Å². The van der Waals surface area contributed by atoms with E-state index in [4.69, 9.17) is 4.98 Å². The number of piperazine rings is 1. The summed E-state index contributed by atoms with van der Waals surface area (Å²) in [5.41, 5.74) is 4.47. The van der Waals surface area contributed by atoms with Crippen LogP contribution >= 0.6 is 0 Å². The Morgan fingerprint density at radius 2 is 1.89 bits per heavy atom. The van der Waals surface area contributed by atoms with Crippen molar-refractivity contribution in [1.29, 1.82) is 0 Å². The fraction of sp³-hybridized carbons (Fsp3) is 0.333. The van der Waals surface area contributed by atoms with Gasteiger partial charge in [0, 0.05) is 43.3 Å². The van der Waals surface area contributed by atoms with E-state index in [1.54, 1.807) is 6.07 Å². The van der Waals surface area contributed by atoms with Gasteiger partial charge in [-0.25, -0.2) is 4.98 Å². The lowest BCUT2D eigenvalue weighted by atomic mass is 10.2. The largest absolute Gasteiger partial charge is 0.506 e. The number of aromatic nitrogens is 4. The van der Waals surface area contributed by atoms with Crippen LogP contribution in [0, 0.1) is 0 Å². The summed E-state index contributed by atoms with van der Waals surface area (Å²) in [5.74, 6) is 0.892. The van der Waals surface area contributed by atoms with Gasteiger partial charge in [-0.3, -0.25) is 10.00 Å². The van der Waals surface area contributed by atoms with Gasteiger partial charge in [-0.05, 0) is 38.1 Å². The molecule has 1 aliphatic rings. The fourth-order valence-corrected chi connectivity index (χ4v) is 4.01. The molecule has 3 N–H and O–H groups in total. The van der Waals surface area contributed by atoms with Gasteiger partial charge in [0.2, 0.25) is 0 Å². The van der Waals surface area contributed by atoms with E-state index in [9.17, 15) is 5.11 Å². The molecular weight excluding hydrogens is 352 g/mol. The van der Waals surface area contributed by atoms with Crippen LogP contribution in [0.3, 0.4) is 0 Å². The lowest BCUT2D eigenvalue weighted by Gasteiger charge is -2.38. The van der Waals surface area contributed by atoms with Crippen LogP contribution in [0.4, 0.5) is 5.69 Å². The summed E-state index contributed by atoms with van der Waals surface area (Å²) in [6.45, 7) is 8.76. The molecule has 0 saturated carbocycles. The lowest BCUT2D eigenvalue weighted by Crippen LogP contribution is -2.48. The number of H-pyrrole nitrogens is 2. The summed E-state index contributed by atoms with van der Waals surface area (Å²) in [4.78, 5) is 13.1. The second-order valence-electron chi connectivity index (χ2n) is 7.68. The molecule has 0 aliphatic carbocycles. The first-order valence-corrected chi connectivity index (χ1v) is 9.75. The van der Waals surface area contributed by atoms with Crippen LogP contribution in [0.1, 0.15) is 13.8 Å². The predicted octanol–water partition coefficient (Wildman–Crippen LogP) is 3.34. The lowest BCUT2D eigenvalue weighted by molar-refractivity contribution is 0.209. The standard InChI is InChI=1S/C21H24N6O/c1-13(2)26-8-10-27(11-9-26)14-6-7-16-17(12-14)23-21(22-16)20-15-4-3-5-18(28)19(15)24-25-20/h3-7,12-13,28H,8-11H2,1-2H3,(H,22,23)(H,24,25). The van der Waals surface area contributed by atoms with Gasteiger partial charge in [0.1, 0.15) is 17.0 Å². The summed E-state index contributed by atoms with van der Waals surface area (Å²) in [6, 6.07) is 12.4. The number of hydrogen-bond donors (Lipinski definition) is 3. The molecule has 2 aromatic carbocycles. The van der Waals surface area contributed by atoms with Gasteiger partial charge in [-0.1, -0.05) is 12.1 Å². The summed E-state index contributed by atoms with van der Waals surface area (Å²) in [6.07, 6.45) is 0. The minimum atomic E-state index is 0.190. The van der Waals surface area contributed by atoms with Crippen molar-refractivity contribution in [3.8, 4) is 17.3 Å². The molecular formula is C21H24N6O. The number of rotatable bonds is 3. The van der Waals surface area contributed by atoms with Gasteiger partial charge in [-0.15, -0.1) is 0 Å². The molecule has 0 amide bonds. The first-order chi connectivity index (χ1) is 13.6. The van der Waals surface area contributed by atoms with Gasteiger partial charge in [0.25, 0.3) is 0 Å². The van der Waals surface area contributed by atoms with E-state index in [0.717, 1.165) is 42.6 Å². The summed E-state index contributed by atoms with van der Waals surface area (Å²) in [5, 5.41) is 18.1. The SMILES string of the molecule is CC(C)N1CCN(c2ccc3nc(-c4n[nH]c5c(O)cccc45)[nH]c3c2)CC1. The average Bonchev–Trinajstić information content (AvgIpc) is 3.32. The maximum atomic E-state index is 9.99. The molecule has 0 atom stereocenters. The Labute approximate surface area is 163 Å². The van der Waals surface area contributed by atoms with E-state index >= 15 is 0 Å². The van der Waals surface area contributed by atoms with Gasteiger partial charge in [0.05, 0.1) is 11.0 Å². The van der Waals surface area contributed by atoms with E-state index in [1.165, 1.54) is 5.69 Å². The fourth-order valence-electron chi connectivity index (χ4n) is 4.01. The highest BCUT2D eigenvalue weighted by molar-refractivity contribution is 5.96. The molecule has 0 bridgehead atoms. The Bertz CT molecular complexity index is 1140. The molecule has 0 radical (unpaired) electrons. The first-order valence-electron chi connectivity index (χ1n) is 9.75. The van der Waals surface area contributed by atoms with Crippen LogP contribution in [0.5, 0.6) is 5.75 Å². The predicted molar refractivity (Wildman–Crippen MR) is 112 cm³/mol. The second-order valence-corrected chi connectivity index (χ2v) is 7.68. The van der Waals surface area contributed by atoms with E-state index in [-0.39, 0.29) is 5.75 Å². The highest BCUT2D eigenvalue weighted by Gasteiger charge is 2.20. The van der Waals surface area contributed by atoms with Crippen LogP contribution in [0.15, 0.2) is 36.4 Å². The third-order valence-corrected chi connectivity index (χ3v) is 5.68. The number of nitrogens with one attached hydrogen (secondary N) is 2. The molecule has 7 nitrogen and oxygen atoms in total. The van der Waals surface area contributed by atoms with E-state index in [2.05, 4.69) is 57.0 Å². The van der Waals surface area contributed by atoms with E-state index < -0.39 is 0 Å². The Morgan fingerprint density at radius 1 is 1.07 bits per heavy atom. The zero-order valence-corrected chi connectivity index (χ0v) is 16.1. The van der Waals surface area contributed by atoms with Gasteiger partial charge >= 0.3 is 0 Å². The average molecular weight is 376 g/mol. The Kier molecular flexibility index (Phi) is 3.98. The molecule has 1 fully saturated rings.